The first-order chi connectivity index (χ1) is 10.4. The molecule has 1 fully saturated rings. The van der Waals surface area contributed by atoms with Crippen LogP contribution >= 0.6 is 0 Å². The maximum absolute atomic E-state index is 4.51. The van der Waals surface area contributed by atoms with E-state index in [4.69, 9.17) is 0 Å². The first kappa shape index (κ1) is 14.6. The number of aromatic nitrogens is 2. The van der Waals surface area contributed by atoms with Gasteiger partial charge in [0.25, 0.3) is 0 Å². The summed E-state index contributed by atoms with van der Waals surface area (Å²) in [4.78, 5) is 4.51. The van der Waals surface area contributed by atoms with Crippen LogP contribution in [0, 0.1) is 5.92 Å². The van der Waals surface area contributed by atoms with Crippen molar-refractivity contribution in [1.29, 1.82) is 0 Å². The number of rotatable bonds is 6. The molecule has 1 aromatic heterocycles. The van der Waals surface area contributed by atoms with Gasteiger partial charge in [0, 0.05) is 12.6 Å². The Bertz CT molecular complexity index is 554. The third kappa shape index (κ3) is 3.65. The fraction of sp³-hybridized carbons (Fsp3) is 0.611. The van der Waals surface area contributed by atoms with E-state index in [-0.39, 0.29) is 0 Å². The second-order valence-electron chi connectivity index (χ2n) is 6.38. The lowest BCUT2D eigenvalue weighted by Crippen LogP contribution is -2.35. The Morgan fingerprint density at radius 3 is 2.86 bits per heavy atom. The number of para-hydroxylation sites is 2. The largest absolute Gasteiger partial charge is 0.329 e. The summed E-state index contributed by atoms with van der Waals surface area (Å²) >= 11 is 0. The molecule has 3 rings (SSSR count). The molecule has 1 unspecified atom stereocenters. The average Bonchev–Trinajstić information content (AvgIpc) is 2.92. The van der Waals surface area contributed by atoms with Crippen LogP contribution in [-0.2, 0) is 6.54 Å². The van der Waals surface area contributed by atoms with Crippen molar-refractivity contribution >= 4 is 11.0 Å². The Morgan fingerprint density at radius 2 is 2.05 bits per heavy atom. The van der Waals surface area contributed by atoms with Crippen LogP contribution < -0.4 is 5.32 Å². The predicted octanol–water partition coefficient (Wildman–Crippen LogP) is 3.98. The smallest absolute Gasteiger partial charge is 0.0958 e. The number of hydrogen-bond donors (Lipinski definition) is 1. The standard InChI is InChI=1S/C18H27N3/c1-2-19-16(12-15-8-4-3-5-9-15)13-21-14-20-17-10-6-7-11-18(17)21/h6-7,10-11,14-16,19H,2-5,8-9,12-13H2,1H3. The highest BCUT2D eigenvalue weighted by atomic mass is 15.1. The second kappa shape index (κ2) is 7.08. The quantitative estimate of drug-likeness (QED) is 0.870. The fourth-order valence-electron chi connectivity index (χ4n) is 3.73. The third-order valence-electron chi connectivity index (χ3n) is 4.78. The summed E-state index contributed by atoms with van der Waals surface area (Å²) in [6.45, 7) is 4.29. The third-order valence-corrected chi connectivity index (χ3v) is 4.78. The van der Waals surface area contributed by atoms with Gasteiger partial charge < -0.3 is 9.88 Å². The molecule has 21 heavy (non-hydrogen) atoms. The van der Waals surface area contributed by atoms with E-state index in [1.54, 1.807) is 0 Å². The molecule has 1 aromatic carbocycles. The van der Waals surface area contributed by atoms with Crippen LogP contribution in [0.25, 0.3) is 11.0 Å². The molecule has 3 nitrogen and oxygen atoms in total. The molecule has 0 saturated heterocycles. The molecule has 0 amide bonds. The number of hydrogen-bond acceptors (Lipinski definition) is 2. The van der Waals surface area contributed by atoms with Gasteiger partial charge in [-0.2, -0.15) is 0 Å². The molecule has 0 radical (unpaired) electrons. The molecular weight excluding hydrogens is 258 g/mol. The van der Waals surface area contributed by atoms with Crippen molar-refractivity contribution in [2.75, 3.05) is 6.54 Å². The van der Waals surface area contributed by atoms with Crippen molar-refractivity contribution < 1.29 is 0 Å². The van der Waals surface area contributed by atoms with Crippen molar-refractivity contribution in [3.8, 4) is 0 Å². The monoisotopic (exact) mass is 285 g/mol. The van der Waals surface area contributed by atoms with Crippen LogP contribution in [0.15, 0.2) is 30.6 Å². The zero-order valence-corrected chi connectivity index (χ0v) is 13.1. The molecule has 1 atom stereocenters. The number of likely N-dealkylation sites (N-methyl/N-ethyl adjacent to an activating group) is 1. The van der Waals surface area contributed by atoms with E-state index >= 15 is 0 Å². The SMILES string of the molecule is CCNC(CC1CCCCC1)Cn1cnc2ccccc21. The minimum absolute atomic E-state index is 0.565. The minimum Gasteiger partial charge on any atom is -0.329 e. The molecule has 3 heteroatoms. The molecule has 1 N–H and O–H groups in total. The molecule has 1 aliphatic rings. The fourth-order valence-corrected chi connectivity index (χ4v) is 3.73. The van der Waals surface area contributed by atoms with Crippen molar-refractivity contribution in [2.45, 2.75) is 58.0 Å². The van der Waals surface area contributed by atoms with Gasteiger partial charge in [-0.15, -0.1) is 0 Å². The van der Waals surface area contributed by atoms with Gasteiger partial charge in [0.15, 0.2) is 0 Å². The molecule has 0 aliphatic heterocycles. The predicted molar refractivity (Wildman–Crippen MR) is 88.4 cm³/mol. The van der Waals surface area contributed by atoms with Gasteiger partial charge in [0.05, 0.1) is 17.4 Å². The Labute approximate surface area is 127 Å². The van der Waals surface area contributed by atoms with Crippen LogP contribution in [0.4, 0.5) is 0 Å². The van der Waals surface area contributed by atoms with Crippen LogP contribution in [0.3, 0.4) is 0 Å². The van der Waals surface area contributed by atoms with E-state index in [1.807, 2.05) is 6.33 Å². The number of fused-ring (bicyclic) bond motifs is 1. The van der Waals surface area contributed by atoms with Crippen molar-refractivity contribution in [3.05, 3.63) is 30.6 Å². The Morgan fingerprint density at radius 1 is 1.24 bits per heavy atom. The molecule has 0 bridgehead atoms. The lowest BCUT2D eigenvalue weighted by atomic mass is 9.85. The first-order valence-electron chi connectivity index (χ1n) is 8.50. The summed E-state index contributed by atoms with van der Waals surface area (Å²) in [5.41, 5.74) is 2.36. The Balaban J connectivity index is 1.69. The van der Waals surface area contributed by atoms with E-state index in [9.17, 15) is 0 Å². The van der Waals surface area contributed by atoms with E-state index < -0.39 is 0 Å². The normalized spacial score (nSPS) is 18.1. The summed E-state index contributed by atoms with van der Waals surface area (Å²) in [5.74, 6) is 0.914. The van der Waals surface area contributed by atoms with Crippen molar-refractivity contribution in [2.24, 2.45) is 5.92 Å². The summed E-state index contributed by atoms with van der Waals surface area (Å²) < 4.78 is 2.31. The molecule has 2 aromatic rings. The van der Waals surface area contributed by atoms with Crippen LogP contribution in [0.1, 0.15) is 45.4 Å². The summed E-state index contributed by atoms with van der Waals surface area (Å²) in [5, 5.41) is 3.68. The molecule has 1 heterocycles. The van der Waals surface area contributed by atoms with Crippen molar-refractivity contribution in [1.82, 2.24) is 14.9 Å². The second-order valence-corrected chi connectivity index (χ2v) is 6.38. The van der Waals surface area contributed by atoms with E-state index in [0.29, 0.717) is 6.04 Å². The molecular formula is C18H27N3. The van der Waals surface area contributed by atoms with Crippen molar-refractivity contribution in [3.63, 3.8) is 0 Å². The number of nitrogens with one attached hydrogen (secondary N) is 1. The lowest BCUT2D eigenvalue weighted by Gasteiger charge is -2.27. The van der Waals surface area contributed by atoms with E-state index in [2.05, 4.69) is 46.1 Å². The van der Waals surface area contributed by atoms with Gasteiger partial charge in [-0.05, 0) is 31.0 Å². The van der Waals surface area contributed by atoms with Crippen LogP contribution in [0.5, 0.6) is 0 Å². The van der Waals surface area contributed by atoms with Gasteiger partial charge in [-0.3, -0.25) is 0 Å². The molecule has 1 saturated carbocycles. The Hall–Kier alpha value is -1.35. The minimum atomic E-state index is 0.565. The lowest BCUT2D eigenvalue weighted by molar-refractivity contribution is 0.286. The number of benzene rings is 1. The van der Waals surface area contributed by atoms with Gasteiger partial charge in [-0.1, -0.05) is 51.2 Å². The summed E-state index contributed by atoms with van der Waals surface area (Å²) in [6, 6.07) is 8.99. The zero-order valence-electron chi connectivity index (χ0n) is 13.1. The molecule has 0 spiro atoms. The first-order valence-corrected chi connectivity index (χ1v) is 8.50. The topological polar surface area (TPSA) is 29.9 Å². The maximum Gasteiger partial charge on any atom is 0.0958 e. The van der Waals surface area contributed by atoms with Crippen LogP contribution in [-0.4, -0.2) is 22.1 Å². The maximum atomic E-state index is 4.51. The molecule has 114 valence electrons. The number of nitrogens with zero attached hydrogens (tertiary/aromatic N) is 2. The van der Waals surface area contributed by atoms with E-state index in [1.165, 1.54) is 44.0 Å². The van der Waals surface area contributed by atoms with Gasteiger partial charge in [-0.25, -0.2) is 4.98 Å². The summed E-state index contributed by atoms with van der Waals surface area (Å²) in [7, 11) is 0. The highest BCUT2D eigenvalue weighted by Gasteiger charge is 2.19. The average molecular weight is 285 g/mol. The molecule has 1 aliphatic carbocycles. The van der Waals surface area contributed by atoms with E-state index in [0.717, 1.165) is 24.5 Å². The highest BCUT2D eigenvalue weighted by Crippen LogP contribution is 2.28. The van der Waals surface area contributed by atoms with Gasteiger partial charge in [0.1, 0.15) is 0 Å². The Kier molecular flexibility index (Phi) is 4.91. The van der Waals surface area contributed by atoms with Gasteiger partial charge >= 0.3 is 0 Å². The highest BCUT2D eigenvalue weighted by molar-refractivity contribution is 5.74. The van der Waals surface area contributed by atoms with Gasteiger partial charge in [0.2, 0.25) is 0 Å². The number of imidazole rings is 1. The zero-order chi connectivity index (χ0) is 14.5. The summed E-state index contributed by atoms with van der Waals surface area (Å²) in [6.07, 6.45) is 10.4. The van der Waals surface area contributed by atoms with Crippen LogP contribution in [0.2, 0.25) is 0 Å².